The molecule has 0 spiro atoms. The highest BCUT2D eigenvalue weighted by Crippen LogP contribution is 2.36. The van der Waals surface area contributed by atoms with Gasteiger partial charge < -0.3 is 14.6 Å². The van der Waals surface area contributed by atoms with Crippen LogP contribution >= 0.6 is 11.3 Å². The van der Waals surface area contributed by atoms with Gasteiger partial charge in [-0.05, 0) is 35.9 Å². The molecule has 2 heterocycles. The Morgan fingerprint density at radius 1 is 0.967 bits per heavy atom. The quantitative estimate of drug-likeness (QED) is 0.409. The molecule has 5 nitrogen and oxygen atoms in total. The number of phenols is 1. The average Bonchev–Trinajstić information content (AvgIpc) is 3.31. The van der Waals surface area contributed by atoms with E-state index in [4.69, 9.17) is 14.5 Å². The van der Waals surface area contributed by atoms with Crippen molar-refractivity contribution in [2.45, 2.75) is 6.42 Å². The average molecular weight is 417 g/mol. The zero-order valence-electron chi connectivity index (χ0n) is 16.6. The van der Waals surface area contributed by atoms with Gasteiger partial charge in [-0.15, -0.1) is 0 Å². The molecule has 0 aliphatic rings. The van der Waals surface area contributed by atoms with Crippen molar-refractivity contribution >= 4 is 26.5 Å². The van der Waals surface area contributed by atoms with Crippen LogP contribution in [0.5, 0.6) is 17.2 Å². The Morgan fingerprint density at radius 2 is 1.80 bits per heavy atom. The SMILES string of the molecule is COc1ccc2c(c1)sc1nc(-c3ccccc3)c(Cc3ccc(O)c(OC)c3)n12. The molecule has 0 amide bonds. The molecule has 0 aliphatic heterocycles. The van der Waals surface area contributed by atoms with Crippen LogP contribution in [-0.2, 0) is 6.42 Å². The maximum Gasteiger partial charge on any atom is 0.195 e. The van der Waals surface area contributed by atoms with Crippen LogP contribution in [0.15, 0.2) is 66.7 Å². The van der Waals surface area contributed by atoms with Crippen LogP contribution in [0.25, 0.3) is 26.4 Å². The van der Waals surface area contributed by atoms with Crippen LogP contribution in [0, 0.1) is 0 Å². The van der Waals surface area contributed by atoms with Gasteiger partial charge in [-0.25, -0.2) is 4.98 Å². The van der Waals surface area contributed by atoms with E-state index in [9.17, 15) is 5.11 Å². The zero-order chi connectivity index (χ0) is 20.7. The second-order valence-electron chi connectivity index (χ2n) is 7.01. The summed E-state index contributed by atoms with van der Waals surface area (Å²) in [6, 6.07) is 21.8. The molecule has 5 aromatic rings. The molecule has 0 fully saturated rings. The maximum atomic E-state index is 9.97. The monoisotopic (exact) mass is 416 g/mol. The van der Waals surface area contributed by atoms with E-state index in [-0.39, 0.29) is 5.75 Å². The molecule has 150 valence electrons. The van der Waals surface area contributed by atoms with Gasteiger partial charge in [-0.1, -0.05) is 47.7 Å². The summed E-state index contributed by atoms with van der Waals surface area (Å²) in [7, 11) is 3.24. The number of phenolic OH excluding ortho intramolecular Hbond substituents is 1. The normalized spacial score (nSPS) is 11.3. The topological polar surface area (TPSA) is 56.0 Å². The molecule has 3 aromatic carbocycles. The first-order chi connectivity index (χ1) is 14.7. The summed E-state index contributed by atoms with van der Waals surface area (Å²) in [5.74, 6) is 1.44. The van der Waals surface area contributed by atoms with E-state index < -0.39 is 0 Å². The first kappa shape index (κ1) is 18.5. The molecule has 0 saturated carbocycles. The number of methoxy groups -OCH3 is 2. The van der Waals surface area contributed by atoms with Crippen LogP contribution in [0.4, 0.5) is 0 Å². The van der Waals surface area contributed by atoms with E-state index in [1.54, 1.807) is 31.6 Å². The van der Waals surface area contributed by atoms with Crippen LogP contribution < -0.4 is 9.47 Å². The van der Waals surface area contributed by atoms with E-state index >= 15 is 0 Å². The minimum atomic E-state index is 0.135. The van der Waals surface area contributed by atoms with Gasteiger partial charge in [0.05, 0.1) is 35.8 Å². The van der Waals surface area contributed by atoms with Crippen LogP contribution in [0.3, 0.4) is 0 Å². The van der Waals surface area contributed by atoms with Gasteiger partial charge >= 0.3 is 0 Å². The largest absolute Gasteiger partial charge is 0.504 e. The Hall–Kier alpha value is -3.51. The van der Waals surface area contributed by atoms with E-state index in [2.05, 4.69) is 22.6 Å². The summed E-state index contributed by atoms with van der Waals surface area (Å²) < 4.78 is 14.0. The Balaban J connectivity index is 1.73. The summed E-state index contributed by atoms with van der Waals surface area (Å²) in [5.41, 5.74) is 5.28. The highest BCUT2D eigenvalue weighted by Gasteiger charge is 2.19. The van der Waals surface area contributed by atoms with Crippen molar-refractivity contribution < 1.29 is 14.6 Å². The van der Waals surface area contributed by atoms with Crippen LogP contribution in [-0.4, -0.2) is 28.7 Å². The molecule has 0 saturated heterocycles. The van der Waals surface area contributed by atoms with Crippen molar-refractivity contribution in [1.29, 1.82) is 0 Å². The highest BCUT2D eigenvalue weighted by atomic mass is 32.1. The number of hydrogen-bond acceptors (Lipinski definition) is 5. The van der Waals surface area contributed by atoms with Crippen molar-refractivity contribution in [1.82, 2.24) is 9.38 Å². The number of rotatable bonds is 5. The Labute approximate surface area is 177 Å². The molecule has 5 rings (SSSR count). The Kier molecular flexibility index (Phi) is 4.56. The molecule has 0 atom stereocenters. The van der Waals surface area contributed by atoms with Gasteiger partial charge in [0.15, 0.2) is 16.5 Å². The Bertz CT molecular complexity index is 1360. The van der Waals surface area contributed by atoms with Crippen molar-refractivity contribution in [3.8, 4) is 28.5 Å². The third kappa shape index (κ3) is 3.06. The molecule has 30 heavy (non-hydrogen) atoms. The number of hydrogen-bond donors (Lipinski definition) is 1. The third-order valence-corrected chi connectivity index (χ3v) is 6.22. The lowest BCUT2D eigenvalue weighted by Crippen LogP contribution is -1.97. The van der Waals surface area contributed by atoms with Crippen LogP contribution in [0.1, 0.15) is 11.3 Å². The van der Waals surface area contributed by atoms with E-state index in [1.807, 2.05) is 42.5 Å². The minimum absolute atomic E-state index is 0.135. The third-order valence-electron chi connectivity index (χ3n) is 5.21. The number of ether oxygens (including phenoxy) is 2. The molecule has 2 aromatic heterocycles. The fraction of sp³-hybridized carbons (Fsp3) is 0.125. The predicted molar refractivity (Wildman–Crippen MR) is 120 cm³/mol. The molecule has 0 aliphatic carbocycles. The number of imidazole rings is 1. The van der Waals surface area contributed by atoms with Crippen molar-refractivity contribution in [3.05, 3.63) is 78.0 Å². The molecule has 0 bridgehead atoms. The summed E-state index contributed by atoms with van der Waals surface area (Å²) in [4.78, 5) is 5.93. The lowest BCUT2D eigenvalue weighted by Gasteiger charge is -2.09. The van der Waals surface area contributed by atoms with E-state index in [1.165, 1.54) is 0 Å². The number of aromatic nitrogens is 2. The highest BCUT2D eigenvalue weighted by molar-refractivity contribution is 7.23. The van der Waals surface area contributed by atoms with Gasteiger partial charge in [0, 0.05) is 12.0 Å². The van der Waals surface area contributed by atoms with Gasteiger partial charge in [-0.2, -0.15) is 0 Å². The number of fused-ring (bicyclic) bond motifs is 3. The van der Waals surface area contributed by atoms with Gasteiger partial charge in [0.1, 0.15) is 5.75 Å². The van der Waals surface area contributed by atoms with Crippen molar-refractivity contribution in [2.24, 2.45) is 0 Å². The molecule has 1 N–H and O–H groups in total. The van der Waals surface area contributed by atoms with Crippen molar-refractivity contribution in [3.63, 3.8) is 0 Å². The summed E-state index contributed by atoms with van der Waals surface area (Å²) in [6.45, 7) is 0. The zero-order valence-corrected chi connectivity index (χ0v) is 17.4. The number of benzene rings is 3. The summed E-state index contributed by atoms with van der Waals surface area (Å²) in [5, 5.41) is 9.97. The lowest BCUT2D eigenvalue weighted by molar-refractivity contribution is 0.373. The molecular weight excluding hydrogens is 396 g/mol. The lowest BCUT2D eigenvalue weighted by atomic mass is 10.0. The number of nitrogens with zero attached hydrogens (tertiary/aromatic N) is 2. The van der Waals surface area contributed by atoms with Crippen LogP contribution in [0.2, 0.25) is 0 Å². The second kappa shape index (κ2) is 7.39. The minimum Gasteiger partial charge on any atom is -0.504 e. The maximum absolute atomic E-state index is 9.97. The van der Waals surface area contributed by atoms with E-state index in [0.717, 1.165) is 43.4 Å². The predicted octanol–water partition coefficient (Wildman–Crippen LogP) is 5.53. The Morgan fingerprint density at radius 3 is 2.57 bits per heavy atom. The molecule has 0 radical (unpaired) electrons. The fourth-order valence-electron chi connectivity index (χ4n) is 3.75. The van der Waals surface area contributed by atoms with Gasteiger partial charge in [-0.3, -0.25) is 4.40 Å². The fourth-order valence-corrected chi connectivity index (χ4v) is 4.82. The van der Waals surface area contributed by atoms with Gasteiger partial charge in [0.25, 0.3) is 0 Å². The first-order valence-electron chi connectivity index (χ1n) is 9.57. The standard InChI is InChI=1S/C24H20N2O3S/c1-28-17-9-10-18-22(14-17)30-24-25-23(16-6-4-3-5-7-16)19(26(18)24)12-15-8-11-20(27)21(13-15)29-2/h3-11,13-14,27H,12H2,1-2H3. The molecule has 0 unspecified atom stereocenters. The van der Waals surface area contributed by atoms with E-state index in [0.29, 0.717) is 12.2 Å². The second-order valence-corrected chi connectivity index (χ2v) is 8.02. The summed E-state index contributed by atoms with van der Waals surface area (Å²) >= 11 is 1.65. The smallest absolute Gasteiger partial charge is 0.195 e. The summed E-state index contributed by atoms with van der Waals surface area (Å²) in [6.07, 6.45) is 0.653. The van der Waals surface area contributed by atoms with Crippen molar-refractivity contribution in [2.75, 3.05) is 14.2 Å². The number of aromatic hydroxyl groups is 1. The number of thiazole rings is 1. The van der Waals surface area contributed by atoms with Gasteiger partial charge in [0.2, 0.25) is 0 Å². The molecule has 6 heteroatoms. The first-order valence-corrected chi connectivity index (χ1v) is 10.4. The molecular formula is C24H20N2O3S.